The van der Waals surface area contributed by atoms with Crippen LogP contribution in [0.5, 0.6) is 5.75 Å². The van der Waals surface area contributed by atoms with E-state index in [9.17, 15) is 13.2 Å². The molecule has 0 heterocycles. The van der Waals surface area contributed by atoms with Gasteiger partial charge in [-0.3, -0.25) is 4.72 Å². The Bertz CT molecular complexity index is 836. The minimum absolute atomic E-state index is 0.0536. The van der Waals surface area contributed by atoms with Crippen LogP contribution in [0.4, 0.5) is 5.69 Å². The van der Waals surface area contributed by atoms with Crippen LogP contribution in [0.3, 0.4) is 0 Å². The van der Waals surface area contributed by atoms with Crippen LogP contribution in [0.2, 0.25) is 5.02 Å². The molecule has 0 saturated heterocycles. The van der Waals surface area contributed by atoms with Gasteiger partial charge < -0.3 is 9.47 Å². The first-order valence-electron chi connectivity index (χ1n) is 6.42. The van der Waals surface area contributed by atoms with Crippen molar-refractivity contribution < 1.29 is 22.7 Å². The Kier molecular flexibility index (Phi) is 5.12. The van der Waals surface area contributed by atoms with Gasteiger partial charge in [0.15, 0.2) is 0 Å². The van der Waals surface area contributed by atoms with Gasteiger partial charge in [-0.1, -0.05) is 23.7 Å². The van der Waals surface area contributed by atoms with Crippen molar-refractivity contribution in [3.05, 3.63) is 53.1 Å². The number of methoxy groups -OCH3 is 2. The lowest BCUT2D eigenvalue weighted by Gasteiger charge is -2.12. The average Bonchev–Trinajstić information content (AvgIpc) is 2.54. The predicted octanol–water partition coefficient (Wildman–Crippen LogP) is 2.94. The Morgan fingerprint density at radius 2 is 1.83 bits per heavy atom. The van der Waals surface area contributed by atoms with Crippen LogP contribution in [0, 0.1) is 0 Å². The van der Waals surface area contributed by atoms with Crippen molar-refractivity contribution in [2.45, 2.75) is 4.90 Å². The third-order valence-corrected chi connectivity index (χ3v) is 4.72. The normalized spacial score (nSPS) is 10.9. The van der Waals surface area contributed by atoms with Gasteiger partial charge in [-0.2, -0.15) is 0 Å². The van der Waals surface area contributed by atoms with Crippen molar-refractivity contribution in [1.82, 2.24) is 0 Å². The summed E-state index contributed by atoms with van der Waals surface area (Å²) < 4.78 is 37.0. The van der Waals surface area contributed by atoms with Gasteiger partial charge in [0.1, 0.15) is 10.6 Å². The number of nitrogens with one attached hydrogen (secondary N) is 1. The van der Waals surface area contributed by atoms with Gasteiger partial charge in [-0.25, -0.2) is 13.2 Å². The maximum Gasteiger partial charge on any atom is 0.339 e. The molecule has 0 unspecified atom stereocenters. The molecule has 0 aliphatic heterocycles. The Hall–Kier alpha value is -2.25. The summed E-state index contributed by atoms with van der Waals surface area (Å²) in [6, 6.07) is 10.2. The molecule has 0 atom stereocenters. The van der Waals surface area contributed by atoms with Crippen molar-refractivity contribution in [1.29, 1.82) is 0 Å². The number of benzene rings is 2. The van der Waals surface area contributed by atoms with E-state index in [0.717, 1.165) is 0 Å². The lowest BCUT2D eigenvalue weighted by molar-refractivity contribution is 0.0596. The number of carbonyl (C=O) groups excluding carboxylic acids is 1. The zero-order valence-corrected chi connectivity index (χ0v) is 13.9. The summed E-state index contributed by atoms with van der Waals surface area (Å²) >= 11 is 5.97. The lowest BCUT2D eigenvalue weighted by atomic mass is 10.2. The van der Waals surface area contributed by atoms with E-state index >= 15 is 0 Å². The van der Waals surface area contributed by atoms with Crippen LogP contribution in [-0.4, -0.2) is 28.6 Å². The number of esters is 1. The number of hydrogen-bond acceptors (Lipinski definition) is 5. The van der Waals surface area contributed by atoms with E-state index in [-0.39, 0.29) is 21.2 Å². The second-order valence-corrected chi connectivity index (χ2v) is 6.50. The number of halogens is 1. The molecule has 0 aromatic heterocycles. The number of ether oxygens (including phenoxy) is 2. The number of anilines is 1. The van der Waals surface area contributed by atoms with E-state index in [1.54, 1.807) is 6.07 Å². The fourth-order valence-electron chi connectivity index (χ4n) is 1.92. The van der Waals surface area contributed by atoms with Gasteiger partial charge in [0.2, 0.25) is 0 Å². The summed E-state index contributed by atoms with van der Waals surface area (Å²) in [5, 5.41) is 0.258. The van der Waals surface area contributed by atoms with Crippen LogP contribution >= 0.6 is 11.6 Å². The fourth-order valence-corrected chi connectivity index (χ4v) is 3.42. The van der Waals surface area contributed by atoms with Gasteiger partial charge in [0, 0.05) is 0 Å². The minimum atomic E-state index is -3.99. The zero-order chi connectivity index (χ0) is 17.0. The average molecular weight is 356 g/mol. The van der Waals surface area contributed by atoms with Crippen LogP contribution in [0.25, 0.3) is 0 Å². The molecule has 0 amide bonds. The fraction of sp³-hybridized carbons (Fsp3) is 0.133. The van der Waals surface area contributed by atoms with Gasteiger partial charge in [0.25, 0.3) is 10.0 Å². The predicted molar refractivity (Wildman–Crippen MR) is 86.6 cm³/mol. The summed E-state index contributed by atoms with van der Waals surface area (Å²) in [6.45, 7) is 0. The van der Waals surface area contributed by atoms with E-state index in [1.807, 2.05) is 0 Å². The molecular formula is C15H14ClNO5S. The Balaban J connectivity index is 2.40. The van der Waals surface area contributed by atoms with Crippen molar-refractivity contribution in [3.63, 3.8) is 0 Å². The molecule has 0 aliphatic rings. The standard InChI is InChI=1S/C15H14ClNO5S/c1-21-13-8-7-10(9-12(13)16)17-23(19,20)14-6-4-3-5-11(14)15(18)22-2/h3-9,17H,1-2H3. The van der Waals surface area contributed by atoms with Gasteiger partial charge in [-0.15, -0.1) is 0 Å². The van der Waals surface area contributed by atoms with Gasteiger partial charge in [0.05, 0.1) is 30.5 Å². The van der Waals surface area contributed by atoms with E-state index in [2.05, 4.69) is 9.46 Å². The summed E-state index contributed by atoms with van der Waals surface area (Å²) in [5.74, 6) is -0.316. The largest absolute Gasteiger partial charge is 0.495 e. The topological polar surface area (TPSA) is 81.7 Å². The highest BCUT2D eigenvalue weighted by Gasteiger charge is 2.22. The zero-order valence-electron chi connectivity index (χ0n) is 12.4. The van der Waals surface area contributed by atoms with E-state index < -0.39 is 16.0 Å². The highest BCUT2D eigenvalue weighted by Crippen LogP contribution is 2.29. The molecule has 2 aromatic rings. The van der Waals surface area contributed by atoms with Crippen LogP contribution in [0.15, 0.2) is 47.4 Å². The van der Waals surface area contributed by atoms with Crippen LogP contribution < -0.4 is 9.46 Å². The third kappa shape index (κ3) is 3.75. The van der Waals surface area contributed by atoms with Crippen molar-refractivity contribution in [2.24, 2.45) is 0 Å². The second kappa shape index (κ2) is 6.89. The molecule has 6 nitrogen and oxygen atoms in total. The molecule has 0 radical (unpaired) electrons. The van der Waals surface area contributed by atoms with Gasteiger partial charge >= 0.3 is 5.97 Å². The first-order chi connectivity index (χ1) is 10.9. The molecule has 1 N–H and O–H groups in total. The third-order valence-electron chi connectivity index (χ3n) is 2.99. The monoisotopic (exact) mass is 355 g/mol. The van der Waals surface area contributed by atoms with Gasteiger partial charge in [-0.05, 0) is 30.3 Å². The van der Waals surface area contributed by atoms with Crippen LogP contribution in [0.1, 0.15) is 10.4 Å². The molecule has 0 bridgehead atoms. The molecule has 2 rings (SSSR count). The number of sulfonamides is 1. The maximum atomic E-state index is 12.5. The van der Waals surface area contributed by atoms with E-state index in [1.165, 1.54) is 50.6 Å². The highest BCUT2D eigenvalue weighted by molar-refractivity contribution is 7.92. The Morgan fingerprint density at radius 3 is 2.43 bits per heavy atom. The molecule has 0 aliphatic carbocycles. The number of hydrogen-bond donors (Lipinski definition) is 1. The van der Waals surface area contributed by atoms with Crippen molar-refractivity contribution in [2.75, 3.05) is 18.9 Å². The SMILES string of the molecule is COC(=O)c1ccccc1S(=O)(=O)Nc1ccc(OC)c(Cl)c1. The molecule has 122 valence electrons. The van der Waals surface area contributed by atoms with E-state index in [0.29, 0.717) is 5.75 Å². The first kappa shape index (κ1) is 17.1. The quantitative estimate of drug-likeness (QED) is 0.834. The lowest BCUT2D eigenvalue weighted by Crippen LogP contribution is -2.17. The smallest absolute Gasteiger partial charge is 0.339 e. The second-order valence-electron chi connectivity index (χ2n) is 4.44. The van der Waals surface area contributed by atoms with Crippen LogP contribution in [-0.2, 0) is 14.8 Å². The molecular weight excluding hydrogens is 342 g/mol. The first-order valence-corrected chi connectivity index (χ1v) is 8.29. The molecule has 23 heavy (non-hydrogen) atoms. The summed E-state index contributed by atoms with van der Waals surface area (Å²) in [6.07, 6.45) is 0. The summed E-state index contributed by atoms with van der Waals surface area (Å²) in [4.78, 5) is 11.5. The maximum absolute atomic E-state index is 12.5. The highest BCUT2D eigenvalue weighted by atomic mass is 35.5. The summed E-state index contributed by atoms with van der Waals surface area (Å²) in [5.41, 5.74) is 0.192. The minimum Gasteiger partial charge on any atom is -0.495 e. The Labute approximate surface area is 139 Å². The van der Waals surface area contributed by atoms with Crippen molar-refractivity contribution >= 4 is 33.3 Å². The molecule has 0 saturated carbocycles. The molecule has 2 aromatic carbocycles. The summed E-state index contributed by atoms with van der Waals surface area (Å²) in [7, 11) is -1.35. The number of carbonyl (C=O) groups is 1. The molecule has 0 fully saturated rings. The molecule has 8 heteroatoms. The van der Waals surface area contributed by atoms with E-state index in [4.69, 9.17) is 16.3 Å². The molecule has 0 spiro atoms. The Morgan fingerprint density at radius 1 is 1.13 bits per heavy atom. The number of rotatable bonds is 5. The van der Waals surface area contributed by atoms with Crippen molar-refractivity contribution in [3.8, 4) is 5.75 Å².